The molecule has 0 rings (SSSR count). The van der Waals surface area contributed by atoms with Crippen LogP contribution in [-0.2, 0) is 0 Å². The van der Waals surface area contributed by atoms with Crippen molar-refractivity contribution in [2.24, 2.45) is 0 Å². The Morgan fingerprint density at radius 2 is 1.90 bits per heavy atom. The molecule has 1 nitrogen and oxygen atoms in total. The van der Waals surface area contributed by atoms with Crippen molar-refractivity contribution in [2.75, 3.05) is 20.6 Å². The third-order valence-electron chi connectivity index (χ3n) is 1.49. The molecule has 0 aromatic heterocycles. The Balaban J connectivity index is 3.12. The van der Waals surface area contributed by atoms with Gasteiger partial charge in [-0.2, -0.15) is 0 Å². The second-order valence-corrected chi connectivity index (χ2v) is 3.60. The van der Waals surface area contributed by atoms with Crippen molar-refractivity contribution in [1.29, 1.82) is 0 Å². The summed E-state index contributed by atoms with van der Waals surface area (Å²) in [5.41, 5.74) is 0. The Bertz CT molecular complexity index is 73.7. The first-order valence-electron chi connectivity index (χ1n) is 3.95. The van der Waals surface area contributed by atoms with Gasteiger partial charge in [0, 0.05) is 5.38 Å². The van der Waals surface area contributed by atoms with Gasteiger partial charge in [0.1, 0.15) is 0 Å². The monoisotopic (exact) mass is 163 g/mol. The molecule has 0 fully saturated rings. The molecule has 62 valence electrons. The first kappa shape index (κ1) is 10.2. The normalized spacial score (nSPS) is 14.1. The maximum Gasteiger partial charge on any atom is 0.0348 e. The smallest absolute Gasteiger partial charge is 0.0348 e. The molecule has 0 saturated carbocycles. The Morgan fingerprint density at radius 3 is 2.30 bits per heavy atom. The van der Waals surface area contributed by atoms with Crippen molar-refractivity contribution in [3.05, 3.63) is 0 Å². The number of halogens is 1. The van der Waals surface area contributed by atoms with Gasteiger partial charge in [-0.3, -0.25) is 0 Å². The Morgan fingerprint density at radius 1 is 1.30 bits per heavy atom. The maximum atomic E-state index is 6.00. The minimum Gasteiger partial charge on any atom is -0.309 e. The van der Waals surface area contributed by atoms with Crippen LogP contribution in [0.3, 0.4) is 0 Å². The molecule has 0 aromatic rings. The van der Waals surface area contributed by atoms with Crippen LogP contribution in [0.25, 0.3) is 0 Å². The summed E-state index contributed by atoms with van der Waals surface area (Å²) < 4.78 is 0. The van der Waals surface area contributed by atoms with Crippen LogP contribution in [-0.4, -0.2) is 30.9 Å². The summed E-state index contributed by atoms with van der Waals surface area (Å²) in [5, 5.41) is 0.382. The van der Waals surface area contributed by atoms with E-state index in [1.165, 1.54) is 6.42 Å². The standard InChI is InChI=1S/C8H18ClN/c1-4-5-8(9)6-7-10(2)3/h8H,4-7H2,1-3H3. The van der Waals surface area contributed by atoms with Crippen LogP contribution >= 0.6 is 11.6 Å². The molecule has 0 bridgehead atoms. The molecular weight excluding hydrogens is 146 g/mol. The molecule has 0 N–H and O–H groups in total. The number of hydrogen-bond donors (Lipinski definition) is 0. The molecule has 0 aromatic carbocycles. The van der Waals surface area contributed by atoms with Crippen molar-refractivity contribution in [3.8, 4) is 0 Å². The summed E-state index contributed by atoms with van der Waals surface area (Å²) in [4.78, 5) is 2.17. The molecule has 2 heteroatoms. The lowest BCUT2D eigenvalue weighted by Gasteiger charge is -2.12. The lowest BCUT2D eigenvalue weighted by atomic mass is 10.2. The van der Waals surface area contributed by atoms with Gasteiger partial charge < -0.3 is 4.90 Å². The predicted molar refractivity (Wildman–Crippen MR) is 47.7 cm³/mol. The molecule has 0 aliphatic heterocycles. The van der Waals surface area contributed by atoms with E-state index in [2.05, 4.69) is 25.9 Å². The molecule has 1 atom stereocenters. The molecule has 0 radical (unpaired) electrons. The highest BCUT2D eigenvalue weighted by atomic mass is 35.5. The number of hydrogen-bond acceptors (Lipinski definition) is 1. The Labute approximate surface area is 69.4 Å². The zero-order chi connectivity index (χ0) is 7.98. The predicted octanol–water partition coefficient (Wildman–Crippen LogP) is 2.35. The highest BCUT2D eigenvalue weighted by Gasteiger charge is 2.02. The van der Waals surface area contributed by atoms with Crippen molar-refractivity contribution >= 4 is 11.6 Å². The van der Waals surface area contributed by atoms with Crippen LogP contribution in [0.4, 0.5) is 0 Å². The van der Waals surface area contributed by atoms with Gasteiger partial charge in [-0.15, -0.1) is 11.6 Å². The summed E-state index contributed by atoms with van der Waals surface area (Å²) in [6, 6.07) is 0. The van der Waals surface area contributed by atoms with Crippen LogP contribution in [0.5, 0.6) is 0 Å². The average molecular weight is 164 g/mol. The molecule has 0 aliphatic rings. The number of rotatable bonds is 5. The quantitative estimate of drug-likeness (QED) is 0.563. The molecule has 0 aliphatic carbocycles. The largest absolute Gasteiger partial charge is 0.309 e. The SMILES string of the molecule is CCCC(Cl)CCN(C)C. The van der Waals surface area contributed by atoms with E-state index >= 15 is 0 Å². The van der Waals surface area contributed by atoms with Gasteiger partial charge in [0.15, 0.2) is 0 Å². The van der Waals surface area contributed by atoms with Crippen LogP contribution in [0.2, 0.25) is 0 Å². The summed E-state index contributed by atoms with van der Waals surface area (Å²) >= 11 is 6.00. The summed E-state index contributed by atoms with van der Waals surface area (Å²) in [7, 11) is 4.16. The fraction of sp³-hybridized carbons (Fsp3) is 1.00. The molecule has 0 amide bonds. The highest BCUT2D eigenvalue weighted by molar-refractivity contribution is 6.20. The molecule has 1 unspecified atom stereocenters. The van der Waals surface area contributed by atoms with E-state index in [9.17, 15) is 0 Å². The zero-order valence-corrected chi connectivity index (χ0v) is 7.99. The van der Waals surface area contributed by atoms with Gasteiger partial charge in [0.25, 0.3) is 0 Å². The van der Waals surface area contributed by atoms with Gasteiger partial charge in [0.2, 0.25) is 0 Å². The number of nitrogens with zero attached hydrogens (tertiary/aromatic N) is 1. The van der Waals surface area contributed by atoms with Gasteiger partial charge in [-0.05, 0) is 33.5 Å². The molecule has 0 spiro atoms. The van der Waals surface area contributed by atoms with Crippen LogP contribution < -0.4 is 0 Å². The van der Waals surface area contributed by atoms with Crippen molar-refractivity contribution < 1.29 is 0 Å². The summed E-state index contributed by atoms with van der Waals surface area (Å²) in [6.07, 6.45) is 3.46. The van der Waals surface area contributed by atoms with E-state index in [1.54, 1.807) is 0 Å². The molecule has 0 heterocycles. The fourth-order valence-electron chi connectivity index (χ4n) is 0.856. The van der Waals surface area contributed by atoms with Crippen molar-refractivity contribution in [2.45, 2.75) is 31.6 Å². The van der Waals surface area contributed by atoms with Gasteiger partial charge >= 0.3 is 0 Å². The minimum atomic E-state index is 0.382. The van der Waals surface area contributed by atoms with Crippen LogP contribution in [0, 0.1) is 0 Å². The van der Waals surface area contributed by atoms with E-state index in [4.69, 9.17) is 11.6 Å². The topological polar surface area (TPSA) is 3.24 Å². The van der Waals surface area contributed by atoms with Crippen molar-refractivity contribution in [3.63, 3.8) is 0 Å². The van der Waals surface area contributed by atoms with E-state index < -0.39 is 0 Å². The lowest BCUT2D eigenvalue weighted by molar-refractivity contribution is 0.393. The third-order valence-corrected chi connectivity index (χ3v) is 1.93. The first-order chi connectivity index (χ1) is 4.66. The van der Waals surface area contributed by atoms with E-state index in [0.717, 1.165) is 19.4 Å². The average Bonchev–Trinajstić information content (AvgIpc) is 1.85. The second-order valence-electron chi connectivity index (χ2n) is 2.98. The van der Waals surface area contributed by atoms with Gasteiger partial charge in [-0.25, -0.2) is 0 Å². The second kappa shape index (κ2) is 5.99. The minimum absolute atomic E-state index is 0.382. The molecule has 10 heavy (non-hydrogen) atoms. The van der Waals surface area contributed by atoms with Crippen molar-refractivity contribution in [1.82, 2.24) is 4.90 Å². The lowest BCUT2D eigenvalue weighted by Crippen LogP contribution is -2.16. The van der Waals surface area contributed by atoms with E-state index in [0.29, 0.717) is 5.38 Å². The fourth-order valence-corrected chi connectivity index (χ4v) is 1.17. The highest BCUT2D eigenvalue weighted by Crippen LogP contribution is 2.09. The zero-order valence-electron chi connectivity index (χ0n) is 7.23. The molecular formula is C8H18ClN. The summed E-state index contributed by atoms with van der Waals surface area (Å²) in [6.45, 7) is 3.28. The Kier molecular flexibility index (Phi) is 6.14. The van der Waals surface area contributed by atoms with Gasteiger partial charge in [-0.1, -0.05) is 13.3 Å². The van der Waals surface area contributed by atoms with Gasteiger partial charge in [0.05, 0.1) is 0 Å². The number of alkyl halides is 1. The summed E-state index contributed by atoms with van der Waals surface area (Å²) in [5.74, 6) is 0. The maximum absolute atomic E-state index is 6.00. The van der Waals surface area contributed by atoms with Crippen LogP contribution in [0.1, 0.15) is 26.2 Å². The first-order valence-corrected chi connectivity index (χ1v) is 4.39. The Hall–Kier alpha value is 0.250. The van der Waals surface area contributed by atoms with E-state index in [-0.39, 0.29) is 0 Å². The van der Waals surface area contributed by atoms with E-state index in [1.807, 2.05) is 0 Å². The third kappa shape index (κ3) is 6.37. The molecule has 0 saturated heterocycles. The van der Waals surface area contributed by atoms with Crippen LogP contribution in [0.15, 0.2) is 0 Å².